The minimum Gasteiger partial charge on any atom is -0.321 e. The third-order valence-corrected chi connectivity index (χ3v) is 8.81. The molecular weight excluding hydrogens is 238 g/mol. The molecule has 0 aromatic rings. The maximum absolute atomic E-state index is 2.97. The van der Waals surface area contributed by atoms with Gasteiger partial charge in [0.2, 0.25) is 0 Å². The van der Waals surface area contributed by atoms with Crippen molar-refractivity contribution in [3.63, 3.8) is 0 Å². The first kappa shape index (κ1) is 15.5. The van der Waals surface area contributed by atoms with Crippen LogP contribution in [0.4, 0.5) is 0 Å². The molecule has 1 fully saturated rings. The van der Waals surface area contributed by atoms with E-state index in [2.05, 4.69) is 31.5 Å². The van der Waals surface area contributed by atoms with E-state index in [1.165, 1.54) is 38.5 Å². The van der Waals surface area contributed by atoms with Crippen LogP contribution in [0.5, 0.6) is 0 Å². The van der Waals surface area contributed by atoms with Gasteiger partial charge in [0.25, 0.3) is 0 Å². The van der Waals surface area contributed by atoms with E-state index in [1.54, 1.807) is 12.1 Å². The highest BCUT2D eigenvalue weighted by Crippen LogP contribution is 2.26. The quantitative estimate of drug-likeness (QED) is 0.507. The van der Waals surface area contributed by atoms with Gasteiger partial charge in [0.1, 0.15) is 8.96 Å². The lowest BCUT2D eigenvalue weighted by Crippen LogP contribution is -2.49. The number of hydrogen-bond donors (Lipinski definition) is 0. The Morgan fingerprint density at radius 2 is 1.88 bits per heavy atom. The molecule has 0 spiro atoms. The van der Waals surface area contributed by atoms with Gasteiger partial charge in [-0.05, 0) is 24.9 Å². The van der Waals surface area contributed by atoms with Crippen molar-refractivity contribution in [1.29, 1.82) is 0 Å². The summed E-state index contributed by atoms with van der Waals surface area (Å²) < 4.78 is 2.97. The molecule has 0 aromatic heterocycles. The van der Waals surface area contributed by atoms with E-state index in [-0.39, 0.29) is 0 Å². The monoisotopic (exact) mass is 271 g/mol. The van der Waals surface area contributed by atoms with Crippen LogP contribution in [0.3, 0.4) is 0 Å². The Morgan fingerprint density at radius 1 is 1.24 bits per heavy atom. The second-order valence-electron chi connectivity index (χ2n) is 6.18. The molecule has 3 heteroatoms. The first-order chi connectivity index (χ1) is 8.16. The van der Waals surface area contributed by atoms with Crippen LogP contribution in [0, 0.1) is 0 Å². The van der Waals surface area contributed by atoms with Crippen LogP contribution in [0.1, 0.15) is 52.4 Å². The lowest BCUT2D eigenvalue weighted by atomic mass is 9.95. The van der Waals surface area contributed by atoms with Gasteiger partial charge in [-0.3, -0.25) is 0 Å². The zero-order valence-corrected chi connectivity index (χ0v) is 15.1. The third kappa shape index (κ3) is 5.27. The Bertz CT molecular complexity index is 191. The van der Waals surface area contributed by atoms with Crippen molar-refractivity contribution in [2.24, 2.45) is 0 Å². The molecule has 1 atom stereocenters. The van der Waals surface area contributed by atoms with Gasteiger partial charge in [-0.1, -0.05) is 58.7 Å². The van der Waals surface area contributed by atoms with Gasteiger partial charge < -0.3 is 4.57 Å². The summed E-state index contributed by atoms with van der Waals surface area (Å²) in [6.45, 7) is 9.90. The van der Waals surface area contributed by atoms with Crippen LogP contribution >= 0.6 is 0 Å². The van der Waals surface area contributed by atoms with Crippen molar-refractivity contribution >= 4 is 18.5 Å². The summed E-state index contributed by atoms with van der Waals surface area (Å²) in [6.07, 6.45) is 8.95. The molecule has 1 aliphatic carbocycles. The minimum absolute atomic E-state index is 0.308. The summed E-state index contributed by atoms with van der Waals surface area (Å²) in [4.78, 5) is 0. The molecule has 0 heterocycles. The largest absolute Gasteiger partial charge is 0.321 e. The molecule has 1 nitrogen and oxygen atoms in total. The van der Waals surface area contributed by atoms with Gasteiger partial charge in [-0.15, -0.1) is 0 Å². The van der Waals surface area contributed by atoms with Crippen molar-refractivity contribution in [3.8, 4) is 0 Å². The molecule has 0 aliphatic heterocycles. The zero-order chi connectivity index (χ0) is 12.7. The van der Waals surface area contributed by atoms with Crippen molar-refractivity contribution < 1.29 is 0 Å². The Kier molecular flexibility index (Phi) is 7.71. The number of hydrogen-bond acceptors (Lipinski definition) is 1. The lowest BCUT2D eigenvalue weighted by Gasteiger charge is -2.41. The molecule has 0 aromatic carbocycles. The van der Waals surface area contributed by atoms with Crippen LogP contribution < -0.4 is 0 Å². The Hall–Kier alpha value is 0.394. The first-order valence-corrected chi connectivity index (χ1v) is 12.8. The van der Waals surface area contributed by atoms with Gasteiger partial charge in [-0.25, -0.2) is 0 Å². The lowest BCUT2D eigenvalue weighted by molar-refractivity contribution is 0.216. The topological polar surface area (TPSA) is 3.24 Å². The Morgan fingerprint density at radius 3 is 2.41 bits per heavy atom. The molecule has 0 amide bonds. The van der Waals surface area contributed by atoms with E-state index in [4.69, 9.17) is 0 Å². The smallest absolute Gasteiger partial charge is 0.109 e. The third-order valence-electron chi connectivity index (χ3n) is 4.33. The predicted octanol–water partition coefficient (Wildman–Crippen LogP) is 3.41. The van der Waals surface area contributed by atoms with Gasteiger partial charge >= 0.3 is 0 Å². The van der Waals surface area contributed by atoms with Gasteiger partial charge in [0.05, 0.1) is 0 Å². The van der Waals surface area contributed by atoms with Crippen LogP contribution in [0.25, 0.3) is 0 Å². The van der Waals surface area contributed by atoms with E-state index >= 15 is 0 Å². The van der Waals surface area contributed by atoms with Gasteiger partial charge in [0.15, 0.2) is 0 Å². The number of rotatable bonds is 7. The van der Waals surface area contributed by atoms with Crippen molar-refractivity contribution in [3.05, 3.63) is 0 Å². The standard InChI is InChI=1S/C14H33NSi2/c1-13(2)15(14-9-6-5-7-10-14)17(4)12-8-11-16-3/h13-14,17H,5-12,16H2,1-4H3. The molecule has 0 radical (unpaired) electrons. The highest BCUT2D eigenvalue weighted by atomic mass is 28.3. The molecule has 1 saturated carbocycles. The van der Waals surface area contributed by atoms with Crippen molar-refractivity contribution in [1.82, 2.24) is 4.57 Å². The molecule has 1 rings (SSSR count). The molecule has 0 saturated heterocycles. The summed E-state index contributed by atoms with van der Waals surface area (Å²) in [5.74, 6) is 0. The van der Waals surface area contributed by atoms with E-state index in [0.29, 0.717) is 9.52 Å². The molecule has 1 unspecified atom stereocenters. The highest BCUT2D eigenvalue weighted by Gasteiger charge is 2.27. The van der Waals surface area contributed by atoms with Gasteiger partial charge in [-0.2, -0.15) is 0 Å². The van der Waals surface area contributed by atoms with E-state index < -0.39 is 8.96 Å². The van der Waals surface area contributed by atoms with Crippen LogP contribution in [-0.2, 0) is 0 Å². The van der Waals surface area contributed by atoms with Crippen LogP contribution in [-0.4, -0.2) is 35.1 Å². The Labute approximate surface area is 113 Å². The predicted molar refractivity (Wildman–Crippen MR) is 85.5 cm³/mol. The summed E-state index contributed by atoms with van der Waals surface area (Å²) in [5, 5.41) is 0. The van der Waals surface area contributed by atoms with E-state index in [1.807, 2.05) is 0 Å². The fourth-order valence-electron chi connectivity index (χ4n) is 3.51. The van der Waals surface area contributed by atoms with Crippen LogP contribution in [0.15, 0.2) is 0 Å². The molecular formula is C14H33NSi2. The average Bonchev–Trinajstić information content (AvgIpc) is 2.30. The van der Waals surface area contributed by atoms with Crippen LogP contribution in [0.2, 0.25) is 25.2 Å². The summed E-state index contributed by atoms with van der Waals surface area (Å²) in [6, 6.07) is 4.88. The van der Waals surface area contributed by atoms with Crippen molar-refractivity contribution in [2.75, 3.05) is 0 Å². The Balaban J connectivity index is 2.45. The van der Waals surface area contributed by atoms with Crippen molar-refractivity contribution in [2.45, 2.75) is 89.6 Å². The maximum Gasteiger partial charge on any atom is 0.109 e. The maximum atomic E-state index is 2.97. The van der Waals surface area contributed by atoms with E-state index in [0.717, 1.165) is 12.1 Å². The molecule has 1 aliphatic rings. The highest BCUT2D eigenvalue weighted by molar-refractivity contribution is 6.54. The zero-order valence-electron chi connectivity index (χ0n) is 12.5. The minimum atomic E-state index is -0.624. The van der Waals surface area contributed by atoms with Gasteiger partial charge in [0, 0.05) is 15.6 Å². The molecule has 102 valence electrons. The second kappa shape index (κ2) is 8.49. The van der Waals surface area contributed by atoms with E-state index in [9.17, 15) is 0 Å². The fourth-order valence-corrected chi connectivity index (χ4v) is 8.09. The molecule has 17 heavy (non-hydrogen) atoms. The normalized spacial score (nSPS) is 20.8. The fraction of sp³-hybridized carbons (Fsp3) is 1.00. The molecule has 0 bridgehead atoms. The number of nitrogens with zero attached hydrogens (tertiary/aromatic N) is 1. The average molecular weight is 272 g/mol. The first-order valence-electron chi connectivity index (χ1n) is 7.94. The summed E-state index contributed by atoms with van der Waals surface area (Å²) >= 11 is 0. The summed E-state index contributed by atoms with van der Waals surface area (Å²) in [5.41, 5.74) is 0. The SMILES string of the molecule is C[SiH2]CCC[SiH](C)N(C(C)C)C1CCCCC1. The molecule has 0 N–H and O–H groups in total. The second-order valence-corrected chi connectivity index (χ2v) is 10.8. The summed E-state index contributed by atoms with van der Waals surface area (Å²) in [7, 11) is -0.316.